The van der Waals surface area contributed by atoms with Crippen LogP contribution in [-0.2, 0) is 0 Å². The summed E-state index contributed by atoms with van der Waals surface area (Å²) in [7, 11) is 0. The van der Waals surface area contributed by atoms with Crippen LogP contribution in [0.25, 0.3) is 0 Å². The molecule has 17 heavy (non-hydrogen) atoms. The van der Waals surface area contributed by atoms with E-state index in [1.807, 2.05) is 13.8 Å². The van der Waals surface area contributed by atoms with Gasteiger partial charge in [0.1, 0.15) is 5.75 Å². The van der Waals surface area contributed by atoms with Gasteiger partial charge in [0.25, 0.3) is 0 Å². The van der Waals surface area contributed by atoms with Crippen LogP contribution in [0.4, 0.5) is 0 Å². The first-order valence-corrected chi connectivity index (χ1v) is 5.85. The molecule has 0 aliphatic carbocycles. The van der Waals surface area contributed by atoms with E-state index in [9.17, 15) is 10.2 Å². The second kappa shape index (κ2) is 6.35. The Balaban J connectivity index is 2.78. The number of phenols is 2. The highest BCUT2D eigenvalue weighted by atomic mass is 16.5. The van der Waals surface area contributed by atoms with Gasteiger partial charge in [0.15, 0.2) is 11.5 Å². The predicted octanol–water partition coefficient (Wildman–Crippen LogP) is 2.37. The maximum atomic E-state index is 9.44. The van der Waals surface area contributed by atoms with E-state index in [2.05, 4.69) is 0 Å². The van der Waals surface area contributed by atoms with Crippen LogP contribution in [-0.4, -0.2) is 28.5 Å². The fraction of sp³-hybridized carbons (Fsp3) is 0.538. The van der Waals surface area contributed by atoms with Gasteiger partial charge in [-0.3, -0.25) is 0 Å². The molecule has 0 aliphatic heterocycles. The van der Waals surface area contributed by atoms with Gasteiger partial charge in [-0.05, 0) is 24.8 Å². The number of rotatable bonds is 6. The van der Waals surface area contributed by atoms with E-state index in [0.717, 1.165) is 12.0 Å². The quantitative estimate of drug-likeness (QED) is 0.527. The Morgan fingerprint density at radius 3 is 2.35 bits per heavy atom. The lowest BCUT2D eigenvalue weighted by atomic mass is 10.0. The second-order valence-corrected chi connectivity index (χ2v) is 4.31. The van der Waals surface area contributed by atoms with Gasteiger partial charge in [-0.2, -0.15) is 0 Å². The Bertz CT molecular complexity index is 361. The van der Waals surface area contributed by atoms with Gasteiger partial charge in [0, 0.05) is 18.2 Å². The van der Waals surface area contributed by atoms with Crippen molar-refractivity contribution in [2.24, 2.45) is 0 Å². The molecule has 96 valence electrons. The van der Waals surface area contributed by atoms with Crippen LogP contribution in [0, 0.1) is 0 Å². The minimum Gasteiger partial charge on any atom is -0.504 e. The fourth-order valence-electron chi connectivity index (χ4n) is 1.55. The molecule has 0 amide bonds. The normalized spacial score (nSPS) is 10.8. The van der Waals surface area contributed by atoms with Crippen molar-refractivity contribution in [3.05, 3.63) is 17.7 Å². The lowest BCUT2D eigenvalue weighted by Crippen LogP contribution is -2.02. The van der Waals surface area contributed by atoms with Crippen LogP contribution >= 0.6 is 0 Å². The number of hydrogen-bond acceptors (Lipinski definition) is 4. The van der Waals surface area contributed by atoms with Crippen molar-refractivity contribution in [3.63, 3.8) is 0 Å². The summed E-state index contributed by atoms with van der Waals surface area (Å²) in [5, 5.41) is 27.5. The maximum Gasteiger partial charge on any atom is 0.161 e. The molecule has 1 rings (SSSR count). The molecular formula is C13H20O4. The molecule has 0 atom stereocenters. The van der Waals surface area contributed by atoms with Crippen molar-refractivity contribution in [2.75, 3.05) is 13.2 Å². The number of aliphatic hydroxyl groups is 1. The number of hydrogen-bond donors (Lipinski definition) is 3. The number of unbranched alkanes of at least 4 members (excludes halogenated alkanes) is 1. The van der Waals surface area contributed by atoms with E-state index < -0.39 is 0 Å². The zero-order valence-corrected chi connectivity index (χ0v) is 10.3. The van der Waals surface area contributed by atoms with Gasteiger partial charge in [0.05, 0.1) is 6.61 Å². The van der Waals surface area contributed by atoms with E-state index in [1.165, 1.54) is 12.1 Å². The third-order valence-corrected chi connectivity index (χ3v) is 2.54. The summed E-state index contributed by atoms with van der Waals surface area (Å²) in [6.45, 7) is 4.63. The smallest absolute Gasteiger partial charge is 0.161 e. The van der Waals surface area contributed by atoms with E-state index in [-0.39, 0.29) is 24.0 Å². The Kier molecular flexibility index (Phi) is 5.10. The van der Waals surface area contributed by atoms with Gasteiger partial charge < -0.3 is 20.1 Å². The lowest BCUT2D eigenvalue weighted by molar-refractivity contribution is 0.251. The summed E-state index contributed by atoms with van der Waals surface area (Å²) in [5.41, 5.74) is 0.865. The van der Waals surface area contributed by atoms with Gasteiger partial charge >= 0.3 is 0 Å². The number of aromatic hydroxyl groups is 2. The highest BCUT2D eigenvalue weighted by molar-refractivity contribution is 5.50. The maximum absolute atomic E-state index is 9.44. The van der Waals surface area contributed by atoms with Gasteiger partial charge in [-0.1, -0.05) is 13.8 Å². The largest absolute Gasteiger partial charge is 0.504 e. The van der Waals surface area contributed by atoms with E-state index in [1.54, 1.807) is 0 Å². The first kappa shape index (κ1) is 13.6. The van der Waals surface area contributed by atoms with Gasteiger partial charge in [0.2, 0.25) is 0 Å². The third kappa shape index (κ3) is 3.82. The van der Waals surface area contributed by atoms with Crippen LogP contribution in [0.5, 0.6) is 17.2 Å². The number of benzene rings is 1. The standard InChI is InChI=1S/C13H20O4/c1-9(2)10-7-11(15)12(16)8-13(10)17-6-4-3-5-14/h7-9,14-16H,3-6H2,1-2H3. The highest BCUT2D eigenvalue weighted by Gasteiger charge is 2.12. The molecule has 0 aliphatic rings. The summed E-state index contributed by atoms with van der Waals surface area (Å²) in [5.74, 6) is 0.491. The van der Waals surface area contributed by atoms with Crippen molar-refractivity contribution < 1.29 is 20.1 Å². The van der Waals surface area contributed by atoms with Crippen molar-refractivity contribution in [1.82, 2.24) is 0 Å². The van der Waals surface area contributed by atoms with Crippen LogP contribution in [0.2, 0.25) is 0 Å². The Morgan fingerprint density at radius 2 is 1.76 bits per heavy atom. The summed E-state index contributed by atoms with van der Waals surface area (Å²) < 4.78 is 5.55. The van der Waals surface area contributed by atoms with Crippen LogP contribution < -0.4 is 4.74 Å². The SMILES string of the molecule is CC(C)c1cc(O)c(O)cc1OCCCCO. The third-order valence-electron chi connectivity index (χ3n) is 2.54. The number of aliphatic hydroxyl groups excluding tert-OH is 1. The molecule has 0 aromatic heterocycles. The first-order chi connectivity index (χ1) is 8.06. The molecule has 4 nitrogen and oxygen atoms in total. The zero-order chi connectivity index (χ0) is 12.8. The minimum atomic E-state index is -0.174. The molecule has 3 N–H and O–H groups in total. The van der Waals surface area contributed by atoms with E-state index >= 15 is 0 Å². The monoisotopic (exact) mass is 240 g/mol. The second-order valence-electron chi connectivity index (χ2n) is 4.31. The minimum absolute atomic E-state index is 0.128. The molecular weight excluding hydrogens is 220 g/mol. The summed E-state index contributed by atoms with van der Waals surface area (Å²) in [6.07, 6.45) is 1.46. The zero-order valence-electron chi connectivity index (χ0n) is 10.3. The van der Waals surface area contributed by atoms with Gasteiger partial charge in [-0.25, -0.2) is 0 Å². The number of ether oxygens (including phenoxy) is 1. The predicted molar refractivity (Wildman–Crippen MR) is 65.7 cm³/mol. The number of phenolic OH excluding ortho intramolecular Hbond substituents is 2. The molecule has 0 fully saturated rings. The Hall–Kier alpha value is -1.42. The molecule has 1 aromatic rings. The average Bonchev–Trinajstić information content (AvgIpc) is 2.28. The average molecular weight is 240 g/mol. The van der Waals surface area contributed by atoms with Crippen LogP contribution in [0.15, 0.2) is 12.1 Å². The molecule has 0 bridgehead atoms. The highest BCUT2D eigenvalue weighted by Crippen LogP contribution is 2.36. The van der Waals surface area contributed by atoms with Gasteiger partial charge in [-0.15, -0.1) is 0 Å². The van der Waals surface area contributed by atoms with Crippen molar-refractivity contribution in [3.8, 4) is 17.2 Å². The molecule has 0 saturated heterocycles. The molecule has 0 spiro atoms. The van der Waals surface area contributed by atoms with Crippen molar-refractivity contribution >= 4 is 0 Å². The molecule has 0 heterocycles. The summed E-state index contributed by atoms with van der Waals surface area (Å²) >= 11 is 0. The molecule has 0 unspecified atom stereocenters. The molecule has 0 radical (unpaired) electrons. The topological polar surface area (TPSA) is 69.9 Å². The van der Waals surface area contributed by atoms with Crippen molar-refractivity contribution in [2.45, 2.75) is 32.6 Å². The Labute approximate surface area is 101 Å². The lowest BCUT2D eigenvalue weighted by Gasteiger charge is -2.15. The summed E-state index contributed by atoms with van der Waals surface area (Å²) in [6, 6.07) is 2.96. The summed E-state index contributed by atoms with van der Waals surface area (Å²) in [4.78, 5) is 0. The fourth-order valence-corrected chi connectivity index (χ4v) is 1.55. The van der Waals surface area contributed by atoms with E-state index in [0.29, 0.717) is 18.8 Å². The van der Waals surface area contributed by atoms with Crippen molar-refractivity contribution in [1.29, 1.82) is 0 Å². The molecule has 4 heteroatoms. The molecule has 1 aromatic carbocycles. The van der Waals surface area contributed by atoms with Crippen LogP contribution in [0.3, 0.4) is 0 Å². The first-order valence-electron chi connectivity index (χ1n) is 5.85. The van der Waals surface area contributed by atoms with Crippen LogP contribution in [0.1, 0.15) is 38.2 Å². The Morgan fingerprint density at radius 1 is 1.12 bits per heavy atom. The molecule has 0 saturated carbocycles. The van der Waals surface area contributed by atoms with E-state index in [4.69, 9.17) is 9.84 Å².